The average Bonchev–Trinajstić information content (AvgIpc) is 3.09. The fraction of sp³-hybridized carbons (Fsp3) is 0.933. The van der Waals surface area contributed by atoms with Crippen molar-refractivity contribution >= 4 is 5.91 Å². The molecule has 1 aliphatic carbocycles. The predicted octanol–water partition coefficient (Wildman–Crippen LogP) is 1.34. The molecular formula is C15H27N3O. The van der Waals surface area contributed by atoms with E-state index in [0.29, 0.717) is 6.04 Å². The molecular weight excluding hydrogens is 238 g/mol. The van der Waals surface area contributed by atoms with Crippen molar-refractivity contribution in [2.75, 3.05) is 26.2 Å². The molecule has 0 bridgehead atoms. The van der Waals surface area contributed by atoms with Crippen LogP contribution in [0.4, 0.5) is 0 Å². The molecule has 0 aromatic rings. The molecule has 1 atom stereocenters. The summed E-state index contributed by atoms with van der Waals surface area (Å²) in [4.78, 5) is 17.3. The molecule has 2 N–H and O–H groups in total. The molecule has 0 aromatic heterocycles. The van der Waals surface area contributed by atoms with Gasteiger partial charge in [-0.1, -0.05) is 19.3 Å². The molecule has 1 amide bonds. The Labute approximate surface area is 116 Å². The van der Waals surface area contributed by atoms with Crippen molar-refractivity contribution in [2.24, 2.45) is 5.73 Å². The highest BCUT2D eigenvalue weighted by Gasteiger charge is 2.41. The van der Waals surface area contributed by atoms with Crippen LogP contribution in [0, 0.1) is 0 Å². The SMILES string of the molecule is NC1(C(=O)N2CCC(N3CCCC3)C2)CCCCC1. The van der Waals surface area contributed by atoms with E-state index in [0.717, 1.165) is 45.2 Å². The molecule has 0 aromatic carbocycles. The summed E-state index contributed by atoms with van der Waals surface area (Å²) in [6.45, 7) is 4.28. The number of carbonyl (C=O) groups is 1. The van der Waals surface area contributed by atoms with E-state index in [-0.39, 0.29) is 5.91 Å². The molecule has 19 heavy (non-hydrogen) atoms. The summed E-state index contributed by atoms with van der Waals surface area (Å²) in [7, 11) is 0. The Morgan fingerprint density at radius 2 is 1.68 bits per heavy atom. The molecule has 0 radical (unpaired) electrons. The topological polar surface area (TPSA) is 49.6 Å². The van der Waals surface area contributed by atoms with Gasteiger partial charge in [0.25, 0.3) is 0 Å². The summed E-state index contributed by atoms with van der Waals surface area (Å²) < 4.78 is 0. The quantitative estimate of drug-likeness (QED) is 0.820. The minimum Gasteiger partial charge on any atom is -0.339 e. The molecule has 1 saturated carbocycles. The van der Waals surface area contributed by atoms with E-state index in [1.807, 2.05) is 4.90 Å². The fourth-order valence-corrected chi connectivity index (χ4v) is 4.04. The lowest BCUT2D eigenvalue weighted by molar-refractivity contribution is -0.137. The van der Waals surface area contributed by atoms with Crippen molar-refractivity contribution in [3.05, 3.63) is 0 Å². The van der Waals surface area contributed by atoms with Gasteiger partial charge >= 0.3 is 0 Å². The Morgan fingerprint density at radius 3 is 2.37 bits per heavy atom. The number of hydrogen-bond donors (Lipinski definition) is 1. The number of hydrogen-bond acceptors (Lipinski definition) is 3. The summed E-state index contributed by atoms with van der Waals surface area (Å²) >= 11 is 0. The lowest BCUT2D eigenvalue weighted by atomic mass is 9.81. The maximum Gasteiger partial charge on any atom is 0.242 e. The van der Waals surface area contributed by atoms with E-state index in [4.69, 9.17) is 5.73 Å². The first-order chi connectivity index (χ1) is 9.19. The molecule has 3 aliphatic rings. The summed E-state index contributed by atoms with van der Waals surface area (Å²) in [6.07, 6.45) is 9.03. The van der Waals surface area contributed by atoms with Crippen LogP contribution in [0.15, 0.2) is 0 Å². The number of rotatable bonds is 2. The molecule has 3 fully saturated rings. The van der Waals surface area contributed by atoms with Crippen LogP contribution in [0.1, 0.15) is 51.4 Å². The number of likely N-dealkylation sites (tertiary alicyclic amines) is 2. The van der Waals surface area contributed by atoms with Crippen LogP contribution in [0.2, 0.25) is 0 Å². The van der Waals surface area contributed by atoms with E-state index in [9.17, 15) is 4.79 Å². The van der Waals surface area contributed by atoms with Crippen molar-refractivity contribution in [1.82, 2.24) is 9.80 Å². The third-order valence-electron chi connectivity index (χ3n) is 5.28. The smallest absolute Gasteiger partial charge is 0.242 e. The van der Waals surface area contributed by atoms with E-state index in [2.05, 4.69) is 4.90 Å². The zero-order chi connectivity index (χ0) is 13.3. The largest absolute Gasteiger partial charge is 0.339 e. The Kier molecular flexibility index (Phi) is 3.81. The van der Waals surface area contributed by atoms with Crippen LogP contribution in [-0.4, -0.2) is 53.5 Å². The molecule has 2 saturated heterocycles. The second-order valence-corrected chi connectivity index (χ2v) is 6.65. The van der Waals surface area contributed by atoms with E-state index in [1.165, 1.54) is 32.4 Å². The van der Waals surface area contributed by atoms with Crippen molar-refractivity contribution < 1.29 is 4.79 Å². The zero-order valence-electron chi connectivity index (χ0n) is 11.9. The second kappa shape index (κ2) is 5.41. The van der Waals surface area contributed by atoms with Crippen molar-refractivity contribution in [3.8, 4) is 0 Å². The molecule has 108 valence electrons. The Morgan fingerprint density at radius 1 is 1.00 bits per heavy atom. The Bertz CT molecular complexity index is 332. The average molecular weight is 265 g/mol. The van der Waals surface area contributed by atoms with Crippen molar-refractivity contribution in [2.45, 2.75) is 62.9 Å². The highest BCUT2D eigenvalue weighted by molar-refractivity contribution is 5.86. The van der Waals surface area contributed by atoms with Gasteiger partial charge in [0.1, 0.15) is 0 Å². The van der Waals surface area contributed by atoms with Gasteiger partial charge in [-0.15, -0.1) is 0 Å². The summed E-state index contributed by atoms with van der Waals surface area (Å²) in [5, 5.41) is 0. The Balaban J connectivity index is 1.59. The molecule has 4 nitrogen and oxygen atoms in total. The van der Waals surface area contributed by atoms with Crippen LogP contribution < -0.4 is 5.73 Å². The van der Waals surface area contributed by atoms with E-state index < -0.39 is 5.54 Å². The predicted molar refractivity (Wildman–Crippen MR) is 75.8 cm³/mol. The van der Waals surface area contributed by atoms with Gasteiger partial charge in [0.2, 0.25) is 5.91 Å². The minimum absolute atomic E-state index is 0.230. The first-order valence-corrected chi connectivity index (χ1v) is 8.01. The van der Waals surface area contributed by atoms with Crippen LogP contribution in [0.5, 0.6) is 0 Å². The minimum atomic E-state index is -0.544. The van der Waals surface area contributed by atoms with Gasteiger partial charge in [-0.2, -0.15) is 0 Å². The third kappa shape index (κ3) is 2.65. The summed E-state index contributed by atoms with van der Waals surface area (Å²) in [5.41, 5.74) is 5.83. The van der Waals surface area contributed by atoms with Crippen LogP contribution in [-0.2, 0) is 4.79 Å². The van der Waals surface area contributed by atoms with E-state index in [1.54, 1.807) is 0 Å². The van der Waals surface area contributed by atoms with Gasteiger partial charge in [-0.05, 0) is 45.2 Å². The fourth-order valence-electron chi connectivity index (χ4n) is 4.04. The third-order valence-corrected chi connectivity index (χ3v) is 5.28. The van der Waals surface area contributed by atoms with Crippen LogP contribution in [0.25, 0.3) is 0 Å². The molecule has 4 heteroatoms. The van der Waals surface area contributed by atoms with Gasteiger partial charge in [0.15, 0.2) is 0 Å². The number of nitrogens with two attached hydrogens (primary N) is 1. The molecule has 1 unspecified atom stereocenters. The van der Waals surface area contributed by atoms with Crippen molar-refractivity contribution in [1.29, 1.82) is 0 Å². The second-order valence-electron chi connectivity index (χ2n) is 6.65. The van der Waals surface area contributed by atoms with Gasteiger partial charge in [0.05, 0.1) is 5.54 Å². The van der Waals surface area contributed by atoms with Crippen LogP contribution >= 0.6 is 0 Å². The molecule has 0 spiro atoms. The first-order valence-electron chi connectivity index (χ1n) is 8.01. The monoisotopic (exact) mass is 265 g/mol. The number of amides is 1. The lowest BCUT2D eigenvalue weighted by Crippen LogP contribution is -2.56. The number of carbonyl (C=O) groups excluding carboxylic acids is 1. The molecule has 2 aliphatic heterocycles. The summed E-state index contributed by atoms with van der Waals surface area (Å²) in [5.74, 6) is 0.230. The van der Waals surface area contributed by atoms with Gasteiger partial charge in [0, 0.05) is 19.1 Å². The maximum atomic E-state index is 12.7. The summed E-state index contributed by atoms with van der Waals surface area (Å²) in [6, 6.07) is 0.596. The van der Waals surface area contributed by atoms with Gasteiger partial charge < -0.3 is 10.6 Å². The standard InChI is InChI=1S/C15H27N3O/c16-15(7-2-1-3-8-15)14(19)18-11-6-13(12-18)17-9-4-5-10-17/h13H,1-12,16H2. The Hall–Kier alpha value is -0.610. The maximum absolute atomic E-state index is 12.7. The van der Waals surface area contributed by atoms with E-state index >= 15 is 0 Å². The molecule has 2 heterocycles. The van der Waals surface area contributed by atoms with Gasteiger partial charge in [-0.25, -0.2) is 0 Å². The highest BCUT2D eigenvalue weighted by atomic mass is 16.2. The molecule has 3 rings (SSSR count). The lowest BCUT2D eigenvalue weighted by Gasteiger charge is -2.35. The van der Waals surface area contributed by atoms with Crippen molar-refractivity contribution in [3.63, 3.8) is 0 Å². The van der Waals surface area contributed by atoms with Crippen LogP contribution in [0.3, 0.4) is 0 Å². The highest BCUT2D eigenvalue weighted by Crippen LogP contribution is 2.30. The van der Waals surface area contributed by atoms with Gasteiger partial charge in [-0.3, -0.25) is 9.69 Å². The zero-order valence-corrected chi connectivity index (χ0v) is 11.9. The normalized spacial score (nSPS) is 31.8. The first kappa shape index (κ1) is 13.4. The number of nitrogens with zero attached hydrogens (tertiary/aromatic N) is 2.